The monoisotopic (exact) mass is 569 g/mol. The van der Waals surface area contributed by atoms with Crippen molar-refractivity contribution in [3.05, 3.63) is 58.1 Å². The van der Waals surface area contributed by atoms with Crippen LogP contribution in [-0.4, -0.2) is 57.1 Å². The molecule has 1 fully saturated rings. The minimum Gasteiger partial charge on any atom is -0.497 e. The Bertz CT molecular complexity index is 1220. The van der Waals surface area contributed by atoms with Crippen molar-refractivity contribution in [1.29, 1.82) is 0 Å². The average Bonchev–Trinajstić information content (AvgIpc) is 2.87. The molecule has 3 rings (SSSR count). The van der Waals surface area contributed by atoms with Gasteiger partial charge in [0.2, 0.25) is 21.8 Å². The molecule has 0 bridgehead atoms. The van der Waals surface area contributed by atoms with Crippen molar-refractivity contribution in [2.45, 2.75) is 57.7 Å². The van der Waals surface area contributed by atoms with E-state index >= 15 is 0 Å². The summed E-state index contributed by atoms with van der Waals surface area (Å²) in [6, 6.07) is 10.8. The fraction of sp³-hybridized carbons (Fsp3) is 0.462. The molecule has 11 heteroatoms. The number of carbonyl (C=O) groups excluding carboxylic acids is 2. The van der Waals surface area contributed by atoms with Crippen LogP contribution in [0.2, 0.25) is 10.0 Å². The molecule has 0 spiro atoms. The van der Waals surface area contributed by atoms with E-state index in [2.05, 4.69) is 5.32 Å². The van der Waals surface area contributed by atoms with Gasteiger partial charge >= 0.3 is 0 Å². The van der Waals surface area contributed by atoms with Crippen molar-refractivity contribution >= 4 is 50.7 Å². The summed E-state index contributed by atoms with van der Waals surface area (Å²) in [5.74, 6) is -0.238. The molecule has 1 atom stereocenters. The van der Waals surface area contributed by atoms with E-state index in [1.807, 2.05) is 6.07 Å². The second kappa shape index (κ2) is 12.8. The molecule has 2 aromatic rings. The lowest BCUT2D eigenvalue weighted by atomic mass is 9.95. The third-order valence-electron chi connectivity index (χ3n) is 6.46. The first-order chi connectivity index (χ1) is 17.5. The lowest BCUT2D eigenvalue weighted by Crippen LogP contribution is -2.53. The molecule has 2 amide bonds. The van der Waals surface area contributed by atoms with Crippen LogP contribution in [0.5, 0.6) is 5.75 Å². The molecular weight excluding hydrogens is 537 g/mol. The number of hydrogen-bond donors (Lipinski definition) is 1. The van der Waals surface area contributed by atoms with Crippen LogP contribution in [0.4, 0.5) is 5.69 Å². The van der Waals surface area contributed by atoms with Crippen molar-refractivity contribution in [2.75, 3.05) is 24.2 Å². The van der Waals surface area contributed by atoms with Gasteiger partial charge in [0.1, 0.15) is 18.3 Å². The van der Waals surface area contributed by atoms with E-state index in [-0.39, 0.29) is 34.2 Å². The lowest BCUT2D eigenvalue weighted by molar-refractivity contribution is -0.139. The molecule has 0 radical (unpaired) electrons. The summed E-state index contributed by atoms with van der Waals surface area (Å²) in [6.07, 6.45) is 6.04. The molecular formula is C26H33Cl2N3O5S. The first kappa shape index (κ1) is 29.1. The highest BCUT2D eigenvalue weighted by molar-refractivity contribution is 7.92. The van der Waals surface area contributed by atoms with Gasteiger partial charge in [0.25, 0.3) is 0 Å². The third kappa shape index (κ3) is 7.99. The first-order valence-electron chi connectivity index (χ1n) is 12.1. The van der Waals surface area contributed by atoms with Gasteiger partial charge < -0.3 is 15.0 Å². The fourth-order valence-electron chi connectivity index (χ4n) is 4.39. The first-order valence-corrected chi connectivity index (χ1v) is 14.8. The number of nitrogens with zero attached hydrogens (tertiary/aromatic N) is 2. The van der Waals surface area contributed by atoms with Crippen molar-refractivity contribution in [1.82, 2.24) is 10.2 Å². The second-order valence-corrected chi connectivity index (χ2v) is 12.0. The van der Waals surface area contributed by atoms with Gasteiger partial charge in [-0.15, -0.1) is 0 Å². The maximum Gasteiger partial charge on any atom is 0.244 e. The fourth-order valence-corrected chi connectivity index (χ4v) is 5.68. The molecule has 202 valence electrons. The molecule has 37 heavy (non-hydrogen) atoms. The van der Waals surface area contributed by atoms with Gasteiger partial charge in [0.05, 0.1) is 24.1 Å². The van der Waals surface area contributed by atoms with E-state index in [4.69, 9.17) is 27.9 Å². The molecule has 1 aliphatic carbocycles. The number of methoxy groups -OCH3 is 1. The molecule has 1 aliphatic rings. The predicted octanol–water partition coefficient (Wildman–Crippen LogP) is 4.63. The van der Waals surface area contributed by atoms with Crippen LogP contribution < -0.4 is 14.4 Å². The predicted molar refractivity (Wildman–Crippen MR) is 147 cm³/mol. The van der Waals surface area contributed by atoms with E-state index in [0.29, 0.717) is 5.75 Å². The molecule has 1 saturated carbocycles. The molecule has 0 aliphatic heterocycles. The number of sulfonamides is 1. The molecule has 0 heterocycles. The largest absolute Gasteiger partial charge is 0.497 e. The standard InChI is InChI=1S/C26H33Cl2N3O5S/c1-18(26(33)29-21-9-5-4-6-10-21)30(16-19-8-7-11-22(14-19)36-2)25(32)17-31(37(3,34)35)24-15-20(27)12-13-23(24)28/h7-8,11-15,18,21H,4-6,9-10,16-17H2,1-3H3,(H,29,33)/t18-/m0/s1. The Hall–Kier alpha value is -2.49. The molecule has 2 aromatic carbocycles. The Morgan fingerprint density at radius 1 is 1.11 bits per heavy atom. The maximum atomic E-state index is 13.7. The van der Waals surface area contributed by atoms with E-state index in [9.17, 15) is 18.0 Å². The maximum absolute atomic E-state index is 13.7. The van der Waals surface area contributed by atoms with Gasteiger partial charge in [-0.05, 0) is 55.7 Å². The number of anilines is 1. The molecule has 0 saturated heterocycles. The number of nitrogens with one attached hydrogen (secondary N) is 1. The third-order valence-corrected chi connectivity index (χ3v) is 8.14. The van der Waals surface area contributed by atoms with Gasteiger partial charge in [-0.3, -0.25) is 13.9 Å². The minimum atomic E-state index is -3.92. The van der Waals surface area contributed by atoms with Crippen molar-refractivity contribution in [2.24, 2.45) is 0 Å². The number of ether oxygens (including phenoxy) is 1. The zero-order chi connectivity index (χ0) is 27.2. The number of halogens is 2. The molecule has 1 N–H and O–H groups in total. The van der Waals surface area contributed by atoms with E-state index in [1.54, 1.807) is 32.2 Å². The number of amides is 2. The molecule has 8 nitrogen and oxygen atoms in total. The average molecular weight is 571 g/mol. The zero-order valence-corrected chi connectivity index (χ0v) is 23.6. The summed E-state index contributed by atoms with van der Waals surface area (Å²) in [7, 11) is -2.37. The van der Waals surface area contributed by atoms with Crippen molar-refractivity contribution in [3.8, 4) is 5.75 Å². The van der Waals surface area contributed by atoms with Crippen molar-refractivity contribution in [3.63, 3.8) is 0 Å². The summed E-state index contributed by atoms with van der Waals surface area (Å²) < 4.78 is 31.6. The highest BCUT2D eigenvalue weighted by atomic mass is 35.5. The van der Waals surface area contributed by atoms with Gasteiger partial charge in [-0.1, -0.05) is 54.6 Å². The van der Waals surface area contributed by atoms with Crippen molar-refractivity contribution < 1.29 is 22.7 Å². The Kier molecular flexibility index (Phi) is 10.1. The van der Waals surface area contributed by atoms with E-state index < -0.39 is 28.5 Å². The van der Waals surface area contributed by atoms with Crippen LogP contribution >= 0.6 is 23.2 Å². The Morgan fingerprint density at radius 2 is 1.81 bits per heavy atom. The molecule has 0 aromatic heterocycles. The van der Waals surface area contributed by atoms with Crippen LogP contribution in [0.3, 0.4) is 0 Å². The van der Waals surface area contributed by atoms with Crippen LogP contribution in [0.25, 0.3) is 0 Å². The van der Waals surface area contributed by atoms with Gasteiger partial charge in [-0.25, -0.2) is 8.42 Å². The summed E-state index contributed by atoms with van der Waals surface area (Å²) in [6.45, 7) is 1.17. The number of benzene rings is 2. The number of hydrogen-bond acceptors (Lipinski definition) is 5. The van der Waals surface area contributed by atoms with E-state index in [1.165, 1.54) is 23.1 Å². The zero-order valence-electron chi connectivity index (χ0n) is 21.2. The van der Waals surface area contributed by atoms with Gasteiger partial charge in [0, 0.05) is 17.6 Å². The smallest absolute Gasteiger partial charge is 0.244 e. The highest BCUT2D eigenvalue weighted by Crippen LogP contribution is 2.31. The van der Waals surface area contributed by atoms with Crippen LogP contribution in [0.15, 0.2) is 42.5 Å². The Labute approximate surface area is 228 Å². The van der Waals surface area contributed by atoms with Gasteiger partial charge in [-0.2, -0.15) is 0 Å². The summed E-state index contributed by atoms with van der Waals surface area (Å²) >= 11 is 12.4. The summed E-state index contributed by atoms with van der Waals surface area (Å²) in [5, 5.41) is 3.47. The van der Waals surface area contributed by atoms with Crippen LogP contribution in [0.1, 0.15) is 44.6 Å². The summed E-state index contributed by atoms with van der Waals surface area (Å²) in [4.78, 5) is 28.3. The van der Waals surface area contributed by atoms with Crippen LogP contribution in [-0.2, 0) is 26.2 Å². The normalized spacial score (nSPS) is 15.1. The Morgan fingerprint density at radius 3 is 2.46 bits per heavy atom. The minimum absolute atomic E-state index is 0.0651. The Balaban J connectivity index is 1.91. The quantitative estimate of drug-likeness (QED) is 0.449. The number of rotatable bonds is 10. The summed E-state index contributed by atoms with van der Waals surface area (Å²) in [5.41, 5.74) is 0.822. The highest BCUT2D eigenvalue weighted by Gasteiger charge is 2.32. The number of carbonyl (C=O) groups is 2. The van der Waals surface area contributed by atoms with E-state index in [0.717, 1.165) is 48.2 Å². The van der Waals surface area contributed by atoms with Crippen LogP contribution in [0, 0.1) is 0 Å². The topological polar surface area (TPSA) is 96.0 Å². The van der Waals surface area contributed by atoms with Gasteiger partial charge in [0.15, 0.2) is 0 Å². The SMILES string of the molecule is COc1cccc(CN(C(=O)CN(c2cc(Cl)ccc2Cl)S(C)(=O)=O)[C@@H](C)C(=O)NC2CCCCC2)c1. The lowest BCUT2D eigenvalue weighted by Gasteiger charge is -2.33. The molecule has 0 unspecified atom stereocenters. The second-order valence-electron chi connectivity index (χ2n) is 9.26.